The van der Waals surface area contributed by atoms with Gasteiger partial charge in [-0.3, -0.25) is 10.1 Å². The lowest BCUT2D eigenvalue weighted by Crippen LogP contribution is -2.20. The maximum Gasteiger partial charge on any atom is 0.291 e. The van der Waals surface area contributed by atoms with Gasteiger partial charge in [-0.1, -0.05) is 45.7 Å². The number of nitro groups is 1. The Labute approximate surface area is 134 Å². The Kier molecular flexibility index (Phi) is 3.69. The van der Waals surface area contributed by atoms with E-state index in [9.17, 15) is 10.1 Å². The number of benzene rings is 2. The first-order valence-electron chi connectivity index (χ1n) is 6.13. The molecule has 21 heavy (non-hydrogen) atoms. The summed E-state index contributed by atoms with van der Waals surface area (Å²) in [7, 11) is 0. The first-order valence-corrected chi connectivity index (χ1v) is 7.30. The third kappa shape index (κ3) is 2.66. The Morgan fingerprint density at radius 2 is 2.00 bits per heavy atom. The van der Waals surface area contributed by atoms with E-state index in [0.717, 1.165) is 4.47 Å². The first-order chi connectivity index (χ1) is 10.1. The minimum Gasteiger partial charge on any atom is -0.474 e. The summed E-state index contributed by atoms with van der Waals surface area (Å²) in [6.07, 6.45) is 0.708. The zero-order valence-electron chi connectivity index (χ0n) is 10.6. The fourth-order valence-corrected chi connectivity index (χ4v) is 2.83. The number of nitrogens with zero attached hydrogens (tertiary/aromatic N) is 1. The molecule has 1 aliphatic rings. The van der Waals surface area contributed by atoms with Crippen LogP contribution in [-0.2, 0) is 0 Å². The third-order valence-corrected chi connectivity index (χ3v) is 4.02. The smallest absolute Gasteiger partial charge is 0.291 e. The summed E-state index contributed by atoms with van der Waals surface area (Å²) in [6.45, 7) is 0. The normalized spacial score (nSPS) is 16.7. The van der Waals surface area contributed by atoms with Crippen molar-refractivity contribution in [2.45, 2.75) is 6.10 Å². The number of hydrogen-bond donors (Lipinski definition) is 0. The average molecular weight is 367 g/mol. The third-order valence-electron chi connectivity index (χ3n) is 3.19. The van der Waals surface area contributed by atoms with Crippen molar-refractivity contribution in [1.82, 2.24) is 0 Å². The molecular weight excluding hydrogens is 358 g/mol. The number of hydrogen-bond acceptors (Lipinski definition) is 3. The molecule has 1 atom stereocenters. The van der Waals surface area contributed by atoms with Gasteiger partial charge < -0.3 is 4.74 Å². The van der Waals surface area contributed by atoms with Crippen molar-refractivity contribution in [2.24, 2.45) is 0 Å². The fraction of sp³-hybridized carbons (Fsp3) is 0.0667. The van der Waals surface area contributed by atoms with Crippen molar-refractivity contribution < 1.29 is 9.66 Å². The molecule has 4 nitrogen and oxygen atoms in total. The van der Waals surface area contributed by atoms with Gasteiger partial charge in [-0.2, -0.15) is 0 Å². The van der Waals surface area contributed by atoms with Crippen molar-refractivity contribution in [3.63, 3.8) is 0 Å². The van der Waals surface area contributed by atoms with Crippen LogP contribution in [-0.4, -0.2) is 4.92 Å². The van der Waals surface area contributed by atoms with Gasteiger partial charge in [0.1, 0.15) is 5.75 Å². The van der Waals surface area contributed by atoms with E-state index in [1.54, 1.807) is 36.4 Å². The second-order valence-corrected chi connectivity index (χ2v) is 5.85. The summed E-state index contributed by atoms with van der Waals surface area (Å²) in [5.74, 6) is 0.591. The van der Waals surface area contributed by atoms with Crippen LogP contribution in [0.15, 0.2) is 52.6 Å². The molecule has 0 aromatic heterocycles. The number of rotatable bonds is 2. The minimum atomic E-state index is -0.817. The summed E-state index contributed by atoms with van der Waals surface area (Å²) in [5, 5.41) is 11.8. The molecule has 1 heterocycles. The highest BCUT2D eigenvalue weighted by molar-refractivity contribution is 9.10. The van der Waals surface area contributed by atoms with E-state index in [-0.39, 0.29) is 5.70 Å². The van der Waals surface area contributed by atoms with Crippen molar-refractivity contribution >= 4 is 33.6 Å². The topological polar surface area (TPSA) is 52.4 Å². The Morgan fingerprint density at radius 3 is 2.71 bits per heavy atom. The van der Waals surface area contributed by atoms with Crippen LogP contribution in [0.2, 0.25) is 5.02 Å². The molecule has 0 fully saturated rings. The van der Waals surface area contributed by atoms with Gasteiger partial charge in [0.05, 0.1) is 4.92 Å². The lowest BCUT2D eigenvalue weighted by molar-refractivity contribution is -0.434. The lowest BCUT2D eigenvalue weighted by Gasteiger charge is -2.23. The Balaban J connectivity index is 2.14. The second kappa shape index (κ2) is 5.50. The molecule has 0 saturated carbocycles. The number of halogens is 2. The quantitative estimate of drug-likeness (QED) is 0.564. The summed E-state index contributed by atoms with van der Waals surface area (Å²) < 4.78 is 6.65. The van der Waals surface area contributed by atoms with Gasteiger partial charge >= 0.3 is 0 Å². The molecule has 2 aromatic rings. The van der Waals surface area contributed by atoms with Crippen LogP contribution >= 0.6 is 27.5 Å². The fourth-order valence-electron chi connectivity index (χ4n) is 2.22. The summed E-state index contributed by atoms with van der Waals surface area (Å²) in [6, 6.07) is 12.4. The molecule has 0 amide bonds. The second-order valence-electron chi connectivity index (χ2n) is 4.53. The van der Waals surface area contributed by atoms with Crippen molar-refractivity contribution in [2.75, 3.05) is 0 Å². The largest absolute Gasteiger partial charge is 0.474 e. The summed E-state index contributed by atoms with van der Waals surface area (Å²) in [5.41, 5.74) is 1.21. The highest BCUT2D eigenvalue weighted by atomic mass is 79.9. The van der Waals surface area contributed by atoms with Gasteiger partial charge in [0.15, 0.2) is 0 Å². The number of fused-ring (bicyclic) bond motifs is 1. The van der Waals surface area contributed by atoms with E-state index in [4.69, 9.17) is 16.3 Å². The van der Waals surface area contributed by atoms with Crippen LogP contribution in [0, 0.1) is 10.1 Å². The van der Waals surface area contributed by atoms with Crippen LogP contribution in [0.3, 0.4) is 0 Å². The molecule has 0 bridgehead atoms. The first kappa shape index (κ1) is 14.1. The summed E-state index contributed by atoms with van der Waals surface area (Å²) in [4.78, 5) is 10.9. The highest BCUT2D eigenvalue weighted by Crippen LogP contribution is 2.40. The van der Waals surface area contributed by atoms with Crippen molar-refractivity contribution in [3.05, 3.63) is 78.9 Å². The molecule has 1 aliphatic heterocycles. The summed E-state index contributed by atoms with van der Waals surface area (Å²) >= 11 is 9.49. The zero-order valence-corrected chi connectivity index (χ0v) is 13.0. The minimum absolute atomic E-state index is 0.0336. The van der Waals surface area contributed by atoms with E-state index >= 15 is 0 Å². The molecule has 0 unspecified atom stereocenters. The van der Waals surface area contributed by atoms with Gasteiger partial charge in [-0.15, -0.1) is 0 Å². The Bertz CT molecular complexity index is 760. The molecule has 3 rings (SSSR count). The van der Waals surface area contributed by atoms with E-state index in [2.05, 4.69) is 15.9 Å². The van der Waals surface area contributed by atoms with Crippen LogP contribution < -0.4 is 4.74 Å². The van der Waals surface area contributed by atoms with E-state index in [1.165, 1.54) is 6.08 Å². The van der Waals surface area contributed by atoms with Crippen molar-refractivity contribution in [3.8, 4) is 5.75 Å². The monoisotopic (exact) mass is 365 g/mol. The van der Waals surface area contributed by atoms with Crippen LogP contribution in [0.1, 0.15) is 17.2 Å². The Morgan fingerprint density at radius 1 is 1.24 bits per heavy atom. The average Bonchev–Trinajstić information content (AvgIpc) is 2.46. The van der Waals surface area contributed by atoms with Gasteiger partial charge in [0.25, 0.3) is 5.70 Å². The maximum atomic E-state index is 11.3. The van der Waals surface area contributed by atoms with Crippen molar-refractivity contribution in [1.29, 1.82) is 0 Å². The maximum absolute atomic E-state index is 11.3. The van der Waals surface area contributed by atoms with E-state index in [0.29, 0.717) is 21.9 Å². The Hall–Kier alpha value is -1.85. The number of ether oxygens (including phenoxy) is 1. The molecule has 106 valence electrons. The molecule has 2 aromatic carbocycles. The zero-order chi connectivity index (χ0) is 15.0. The standard InChI is InChI=1S/C15H9BrClNO3/c16-10-5-6-14-9(7-10)8-13(18(19)20)15(21-14)11-3-1-2-4-12(11)17/h1-8,15H/t15-/m1/s1. The molecule has 0 spiro atoms. The van der Waals surface area contributed by atoms with E-state index < -0.39 is 11.0 Å². The van der Waals surface area contributed by atoms with E-state index in [1.807, 2.05) is 6.07 Å². The van der Waals surface area contributed by atoms with Crippen LogP contribution in [0.5, 0.6) is 5.75 Å². The van der Waals surface area contributed by atoms with Crippen LogP contribution in [0.25, 0.3) is 6.08 Å². The molecule has 6 heteroatoms. The van der Waals surface area contributed by atoms with Gasteiger partial charge in [-0.25, -0.2) is 0 Å². The van der Waals surface area contributed by atoms with Gasteiger partial charge in [-0.05, 0) is 24.3 Å². The van der Waals surface area contributed by atoms with Gasteiger partial charge in [0, 0.05) is 26.7 Å². The molecule has 0 N–H and O–H groups in total. The lowest BCUT2D eigenvalue weighted by atomic mass is 10.0. The predicted octanol–water partition coefficient (Wildman–Crippen LogP) is 4.85. The molecule has 0 aliphatic carbocycles. The highest BCUT2D eigenvalue weighted by Gasteiger charge is 2.34. The molecular formula is C15H9BrClNO3. The SMILES string of the molecule is O=[N+]([O-])C1=Cc2cc(Br)ccc2O[C@@H]1c1ccccc1Cl. The predicted molar refractivity (Wildman–Crippen MR) is 83.9 cm³/mol. The molecule has 0 saturated heterocycles. The van der Waals surface area contributed by atoms with Gasteiger partial charge in [0.2, 0.25) is 6.10 Å². The molecule has 0 radical (unpaired) electrons. The van der Waals surface area contributed by atoms with Crippen LogP contribution in [0.4, 0.5) is 0 Å².